The minimum absolute atomic E-state index is 0.148. The third kappa shape index (κ3) is 8.12. The number of hydrogen-bond donors (Lipinski definition) is 11. The van der Waals surface area contributed by atoms with Gasteiger partial charge in [0.05, 0.1) is 19.5 Å². The zero-order valence-corrected chi connectivity index (χ0v) is 24.9. The third-order valence-corrected chi connectivity index (χ3v) is 10.3. The third-order valence-electron chi connectivity index (χ3n) is 6.00. The van der Waals surface area contributed by atoms with Gasteiger partial charge in [-0.1, -0.05) is 0 Å². The fourth-order valence-corrected chi connectivity index (χ4v) is 7.53. The summed E-state index contributed by atoms with van der Waals surface area (Å²) in [6.45, 7) is -1.89. The smallest absolute Gasteiger partial charge is 0.387 e. The highest BCUT2D eigenvalue weighted by molar-refractivity contribution is 7.66. The second kappa shape index (κ2) is 12.7. The Balaban J connectivity index is 1.48. The Labute approximate surface area is 243 Å². The second-order valence-corrected chi connectivity index (χ2v) is 14.7. The second-order valence-electron chi connectivity index (χ2n) is 9.09. The van der Waals surface area contributed by atoms with Crippen molar-refractivity contribution >= 4 is 42.5 Å². The van der Waals surface area contributed by atoms with Crippen LogP contribution in [0.3, 0.4) is 0 Å². The number of fused-ring (bicyclic) bond motifs is 1. The molecule has 0 spiro atoms. The number of rotatable bonds is 12. The van der Waals surface area contributed by atoms with Gasteiger partial charge in [-0.15, -0.1) is 0 Å². The van der Waals surface area contributed by atoms with E-state index < -0.39 is 99.1 Å². The number of imidazole rings is 1. The molecule has 2 aliphatic heterocycles. The van der Waals surface area contributed by atoms with Crippen LogP contribution in [0, 0.1) is 5.41 Å². The summed E-state index contributed by atoms with van der Waals surface area (Å²) in [6, 6.07) is 0. The Kier molecular flexibility index (Phi) is 10.2. The highest BCUT2D eigenvalue weighted by Gasteiger charge is 2.48. The molecule has 10 atom stereocenters. The minimum atomic E-state index is -5.81. The van der Waals surface area contributed by atoms with Crippen LogP contribution in [0.2, 0.25) is 0 Å². The van der Waals surface area contributed by atoms with Gasteiger partial charge in [0.1, 0.15) is 43.0 Å². The highest BCUT2D eigenvalue weighted by atomic mass is 31.3. The lowest BCUT2D eigenvalue weighted by Crippen LogP contribution is -2.36. The SMILES string of the molecule is N=c1c2ncn(C3O[C@H](COP(=O)(O)OP(=O)(O)OP(=O)(O)O)[C@@H](O)[C@H]3O)c2ncn1C1O[C@H](COP(=O)(O)O)[C@@H](O)[C@H]1O. The Hall–Kier alpha value is -1.37. The predicted molar refractivity (Wildman–Crippen MR) is 131 cm³/mol. The Bertz CT molecular complexity index is 1620. The monoisotopic (exact) mass is 719 g/mol. The topological polar surface area (TPSA) is 385 Å². The van der Waals surface area contributed by atoms with Gasteiger partial charge in [0.15, 0.2) is 29.1 Å². The molecule has 2 fully saturated rings. The molecule has 2 saturated heterocycles. The lowest BCUT2D eigenvalue weighted by atomic mass is 10.1. The summed E-state index contributed by atoms with van der Waals surface area (Å²) in [5.41, 5.74) is -0.820. The largest absolute Gasteiger partial charge is 0.490 e. The van der Waals surface area contributed by atoms with Crippen molar-refractivity contribution in [2.45, 2.75) is 49.1 Å². The first-order valence-electron chi connectivity index (χ1n) is 11.6. The molecule has 4 rings (SSSR count). The molecule has 0 amide bonds. The predicted octanol–water partition coefficient (Wildman–Crippen LogP) is -3.60. The van der Waals surface area contributed by atoms with Gasteiger partial charge in [-0.25, -0.2) is 28.2 Å². The number of ether oxygens (including phenoxy) is 2. The first kappa shape index (κ1) is 35.5. The first-order valence-corrected chi connectivity index (χ1v) is 17.6. The molecule has 0 radical (unpaired) electrons. The molecule has 0 saturated carbocycles. The van der Waals surface area contributed by atoms with Gasteiger partial charge in [0.2, 0.25) is 0 Å². The number of phosphoric acid groups is 4. The van der Waals surface area contributed by atoms with Gasteiger partial charge in [0.25, 0.3) is 0 Å². The van der Waals surface area contributed by atoms with Crippen LogP contribution in [0.1, 0.15) is 12.5 Å². The molecule has 2 aliphatic rings. The summed E-state index contributed by atoms with van der Waals surface area (Å²) in [6.07, 6.45) is -11.1. The molecule has 2 aromatic rings. The van der Waals surface area contributed by atoms with E-state index in [0.29, 0.717) is 0 Å². The first-order chi connectivity index (χ1) is 20.1. The van der Waals surface area contributed by atoms with Crippen LogP contribution in [0.5, 0.6) is 0 Å². The molecule has 250 valence electrons. The molecule has 0 bridgehead atoms. The quantitative estimate of drug-likeness (QED) is 0.0944. The minimum Gasteiger partial charge on any atom is -0.387 e. The number of nitrogens with one attached hydrogen (secondary N) is 1. The fourth-order valence-electron chi connectivity index (χ4n) is 4.16. The van der Waals surface area contributed by atoms with Gasteiger partial charge in [-0.2, -0.15) is 8.62 Å². The van der Waals surface area contributed by atoms with Crippen LogP contribution >= 0.6 is 31.3 Å². The number of nitrogens with zero attached hydrogens (tertiary/aromatic N) is 4. The summed E-state index contributed by atoms with van der Waals surface area (Å²) in [5, 5.41) is 50.0. The van der Waals surface area contributed by atoms with E-state index >= 15 is 0 Å². The number of hydrogen-bond acceptors (Lipinski definition) is 17. The van der Waals surface area contributed by atoms with Crippen molar-refractivity contribution < 1.29 is 95.2 Å². The van der Waals surface area contributed by atoms with Gasteiger partial charge >= 0.3 is 31.3 Å². The maximum atomic E-state index is 12.0. The van der Waals surface area contributed by atoms with Crippen LogP contribution in [-0.2, 0) is 45.4 Å². The Morgan fingerprint density at radius 3 is 1.73 bits per heavy atom. The van der Waals surface area contributed by atoms with Crippen molar-refractivity contribution in [1.29, 1.82) is 5.41 Å². The summed E-state index contributed by atoms with van der Waals surface area (Å²) < 4.78 is 73.9. The number of aromatic nitrogens is 4. The maximum absolute atomic E-state index is 12.0. The zero-order valence-electron chi connectivity index (χ0n) is 21.3. The van der Waals surface area contributed by atoms with E-state index in [1.807, 2.05) is 0 Å². The molecule has 4 unspecified atom stereocenters. The van der Waals surface area contributed by atoms with Crippen molar-refractivity contribution in [1.82, 2.24) is 19.1 Å². The summed E-state index contributed by atoms with van der Waals surface area (Å²) in [4.78, 5) is 61.8. The molecule has 0 aromatic carbocycles. The number of aliphatic hydroxyl groups excluding tert-OH is 4. The molecule has 29 heteroatoms. The lowest BCUT2D eigenvalue weighted by Gasteiger charge is -2.19. The molecule has 2 aromatic heterocycles. The summed E-state index contributed by atoms with van der Waals surface area (Å²) >= 11 is 0. The van der Waals surface area contributed by atoms with E-state index in [9.17, 15) is 48.5 Å². The van der Waals surface area contributed by atoms with Crippen molar-refractivity contribution in [3.63, 3.8) is 0 Å². The van der Waals surface area contributed by atoms with Gasteiger partial charge in [-0.3, -0.25) is 23.6 Å². The van der Waals surface area contributed by atoms with Crippen LogP contribution in [0.15, 0.2) is 12.7 Å². The van der Waals surface area contributed by atoms with Crippen molar-refractivity contribution in [2.75, 3.05) is 13.2 Å². The summed E-state index contributed by atoms with van der Waals surface area (Å²) in [5.74, 6) is 0. The normalized spacial score (nSPS) is 32.6. The van der Waals surface area contributed by atoms with Crippen molar-refractivity contribution in [2.24, 2.45) is 0 Å². The molecule has 11 N–H and O–H groups in total. The number of phosphoric ester groups is 2. The van der Waals surface area contributed by atoms with E-state index in [2.05, 4.69) is 27.6 Å². The molecule has 0 aliphatic carbocycles. The molecular weight excluding hydrogens is 694 g/mol. The average molecular weight is 719 g/mol. The Morgan fingerprint density at radius 1 is 0.705 bits per heavy atom. The van der Waals surface area contributed by atoms with Crippen LogP contribution in [0.4, 0.5) is 0 Å². The maximum Gasteiger partial charge on any atom is 0.490 e. The van der Waals surface area contributed by atoms with Crippen molar-refractivity contribution in [3.8, 4) is 0 Å². The molecule has 4 heterocycles. The van der Waals surface area contributed by atoms with E-state index in [-0.39, 0.29) is 11.2 Å². The van der Waals surface area contributed by atoms with E-state index in [0.717, 1.165) is 21.8 Å². The van der Waals surface area contributed by atoms with Crippen LogP contribution < -0.4 is 5.49 Å². The van der Waals surface area contributed by atoms with Crippen molar-refractivity contribution in [3.05, 3.63) is 18.1 Å². The number of aliphatic hydroxyl groups is 4. The Morgan fingerprint density at radius 2 is 1.20 bits per heavy atom. The zero-order chi connectivity index (χ0) is 33.0. The fraction of sp³-hybridized carbons (Fsp3) is 0.667. The van der Waals surface area contributed by atoms with E-state index in [1.54, 1.807) is 0 Å². The summed E-state index contributed by atoms with van der Waals surface area (Å²) in [7, 11) is -22.0. The average Bonchev–Trinajstić information content (AvgIpc) is 3.50. The molecular formula is C15H25N5O20P4. The van der Waals surface area contributed by atoms with Gasteiger partial charge < -0.3 is 59.3 Å². The van der Waals surface area contributed by atoms with E-state index in [4.69, 9.17) is 34.5 Å². The molecule has 44 heavy (non-hydrogen) atoms. The van der Waals surface area contributed by atoms with Gasteiger partial charge in [-0.05, 0) is 0 Å². The van der Waals surface area contributed by atoms with Crippen LogP contribution in [-0.4, -0.2) is 119 Å². The standard InChI is InChI=1S/C15H25N5O20P4/c16-12-7-13(18-4-19(12)14-10(23)8(21)5(37-14)1-35-41(25,26)27)20(3-17-7)15-11(24)9(22)6(38-15)2-36-43(31,32)40-44(33,34)39-42(28,29)30/h3-6,8-11,14-16,21-24H,1-2H2,(H,31,32)(H,33,34)(H2,25,26,27)(H2,28,29,30)/t5-,6-,8-,9-,10-,11-,14?,15?/m1/s1. The van der Waals surface area contributed by atoms with Crippen LogP contribution in [0.25, 0.3) is 11.2 Å². The lowest BCUT2D eigenvalue weighted by molar-refractivity contribution is -0.0546. The van der Waals surface area contributed by atoms with Gasteiger partial charge in [0, 0.05) is 0 Å². The molecule has 25 nitrogen and oxygen atoms in total. The van der Waals surface area contributed by atoms with E-state index in [1.165, 1.54) is 0 Å². The highest BCUT2D eigenvalue weighted by Crippen LogP contribution is 2.66.